The number of benzene rings is 6. The molecule has 10 aromatic rings. The summed E-state index contributed by atoms with van der Waals surface area (Å²) in [7, 11) is 0. The fraction of sp³-hybridized carbons (Fsp3) is 0.258. The molecule has 4 heteroatoms. The average molecular weight is 863 g/mol. The van der Waals surface area contributed by atoms with Crippen molar-refractivity contribution < 1.29 is 0 Å². The van der Waals surface area contributed by atoms with E-state index in [2.05, 4.69) is 226 Å². The Morgan fingerprint density at radius 3 is 0.879 bits per heavy atom. The maximum Gasteiger partial charge on any atom is 0.0541 e. The molecule has 0 radical (unpaired) electrons. The van der Waals surface area contributed by atoms with E-state index in [1.165, 1.54) is 65.9 Å². The van der Waals surface area contributed by atoms with Gasteiger partial charge in [-0.15, -0.1) is 0 Å². The van der Waals surface area contributed by atoms with Crippen LogP contribution in [0, 0.1) is 0 Å². The van der Waals surface area contributed by atoms with Crippen LogP contribution in [-0.4, -0.2) is 19.1 Å². The van der Waals surface area contributed by atoms with Gasteiger partial charge in [-0.25, -0.2) is 0 Å². The third-order valence-corrected chi connectivity index (χ3v) is 13.8. The fourth-order valence-electron chi connectivity index (χ4n) is 9.91. The maximum absolute atomic E-state index is 4.81. The van der Waals surface area contributed by atoms with Crippen LogP contribution in [0.2, 0.25) is 0 Å². The summed E-state index contributed by atoms with van der Waals surface area (Å²) in [6.45, 7) is 27.6. The van der Waals surface area contributed by atoms with Gasteiger partial charge in [0, 0.05) is 68.6 Å². The zero-order valence-corrected chi connectivity index (χ0v) is 40.8. The lowest BCUT2D eigenvalue weighted by Gasteiger charge is -2.21. The molecule has 0 aliphatic rings. The zero-order chi connectivity index (χ0) is 46.5. The highest BCUT2D eigenvalue weighted by molar-refractivity contribution is 6.12. The summed E-state index contributed by atoms with van der Waals surface area (Å²) < 4.78 is 4.95. The Kier molecular flexibility index (Phi) is 10.1. The molecule has 0 fully saturated rings. The first-order valence-corrected chi connectivity index (χ1v) is 23.6. The molecule has 0 aliphatic carbocycles. The van der Waals surface area contributed by atoms with Gasteiger partial charge < -0.3 is 9.13 Å². The van der Waals surface area contributed by atoms with Gasteiger partial charge in [0.05, 0.1) is 33.4 Å². The van der Waals surface area contributed by atoms with Gasteiger partial charge >= 0.3 is 0 Å². The second-order valence-corrected chi connectivity index (χ2v) is 22.5. The SMILES string of the molecule is CC(C)(C)c1ccc2c(c1)c1cc(C(C)(C)C)ccc1n2-c1ccccc1-c1ccncc1-c1cnccc1-c1ccccc1-n1c2ccc(C(C)(C)C)cc2c2cc(C(C)(C)C)ccc21. The lowest BCUT2D eigenvalue weighted by Crippen LogP contribution is -2.10. The van der Waals surface area contributed by atoms with E-state index in [4.69, 9.17) is 9.97 Å². The number of nitrogens with zero attached hydrogens (tertiary/aromatic N) is 4. The van der Waals surface area contributed by atoms with Gasteiger partial charge in [-0.05, 0) is 128 Å². The highest BCUT2D eigenvalue weighted by Crippen LogP contribution is 2.45. The number of hydrogen-bond acceptors (Lipinski definition) is 2. The number of rotatable bonds is 5. The van der Waals surface area contributed by atoms with Gasteiger partial charge in [0.15, 0.2) is 0 Å². The van der Waals surface area contributed by atoms with E-state index >= 15 is 0 Å². The van der Waals surface area contributed by atoms with Crippen molar-refractivity contribution in [3.8, 4) is 44.8 Å². The van der Waals surface area contributed by atoms with Crippen molar-refractivity contribution in [1.82, 2.24) is 19.1 Å². The summed E-state index contributed by atoms with van der Waals surface area (Å²) in [6, 6.07) is 50.3. The molecule has 4 heterocycles. The molecule has 0 bridgehead atoms. The molecular weight excluding hydrogens is 801 g/mol. The number of pyridine rings is 2. The zero-order valence-electron chi connectivity index (χ0n) is 40.8. The van der Waals surface area contributed by atoms with E-state index in [-0.39, 0.29) is 21.7 Å². The van der Waals surface area contributed by atoms with Crippen LogP contribution >= 0.6 is 0 Å². The molecule has 4 aromatic heterocycles. The normalized spacial score (nSPS) is 12.8. The first-order valence-electron chi connectivity index (χ1n) is 23.6. The van der Waals surface area contributed by atoms with Gasteiger partial charge in [0.25, 0.3) is 0 Å². The highest BCUT2D eigenvalue weighted by atomic mass is 15.0. The summed E-state index contributed by atoms with van der Waals surface area (Å²) in [4.78, 5) is 9.62. The summed E-state index contributed by atoms with van der Waals surface area (Å²) in [5, 5.41) is 5.09. The maximum atomic E-state index is 4.81. The Hall–Kier alpha value is -6.78. The minimum atomic E-state index is 0.0151. The minimum Gasteiger partial charge on any atom is -0.309 e. The third kappa shape index (κ3) is 7.32. The average Bonchev–Trinajstić information content (AvgIpc) is 3.79. The first-order chi connectivity index (χ1) is 31.3. The summed E-state index contributed by atoms with van der Waals surface area (Å²) in [5.41, 5.74) is 18.9. The molecule has 0 atom stereocenters. The molecule has 0 unspecified atom stereocenters. The van der Waals surface area contributed by atoms with E-state index in [1.54, 1.807) is 0 Å². The Morgan fingerprint density at radius 1 is 0.303 bits per heavy atom. The molecule has 330 valence electrons. The van der Waals surface area contributed by atoms with Crippen LogP contribution in [-0.2, 0) is 21.7 Å². The first kappa shape index (κ1) is 43.1. The van der Waals surface area contributed by atoms with Crippen molar-refractivity contribution in [2.45, 2.75) is 105 Å². The molecule has 0 amide bonds. The van der Waals surface area contributed by atoms with Crippen LogP contribution in [0.5, 0.6) is 0 Å². The van der Waals surface area contributed by atoms with Crippen molar-refractivity contribution in [2.24, 2.45) is 0 Å². The van der Waals surface area contributed by atoms with Crippen LogP contribution in [0.4, 0.5) is 0 Å². The van der Waals surface area contributed by atoms with Crippen LogP contribution in [0.15, 0.2) is 158 Å². The molecule has 6 aromatic carbocycles. The van der Waals surface area contributed by atoms with E-state index in [0.29, 0.717) is 0 Å². The smallest absolute Gasteiger partial charge is 0.0541 e. The second-order valence-electron chi connectivity index (χ2n) is 22.5. The number of aromatic nitrogens is 4. The van der Waals surface area contributed by atoms with E-state index in [0.717, 1.165) is 44.8 Å². The van der Waals surface area contributed by atoms with E-state index in [9.17, 15) is 0 Å². The van der Waals surface area contributed by atoms with Gasteiger partial charge in [-0.1, -0.05) is 144 Å². The molecule has 0 aliphatic heterocycles. The van der Waals surface area contributed by atoms with Crippen molar-refractivity contribution in [3.63, 3.8) is 0 Å². The van der Waals surface area contributed by atoms with Gasteiger partial charge in [0.1, 0.15) is 0 Å². The Morgan fingerprint density at radius 2 is 0.591 bits per heavy atom. The third-order valence-electron chi connectivity index (χ3n) is 13.8. The monoisotopic (exact) mass is 862 g/mol. The lowest BCUT2D eigenvalue weighted by molar-refractivity contribution is 0.590. The van der Waals surface area contributed by atoms with E-state index in [1.807, 2.05) is 24.8 Å². The summed E-state index contributed by atoms with van der Waals surface area (Å²) in [5.74, 6) is 0. The predicted molar refractivity (Wildman–Crippen MR) is 282 cm³/mol. The largest absolute Gasteiger partial charge is 0.309 e. The Balaban J connectivity index is 1.19. The summed E-state index contributed by atoms with van der Waals surface area (Å²) in [6.07, 6.45) is 7.89. The molecule has 0 saturated heterocycles. The second kappa shape index (κ2) is 15.4. The molecule has 0 saturated carbocycles. The molecule has 0 spiro atoms. The molecule has 4 nitrogen and oxygen atoms in total. The number of para-hydroxylation sites is 2. The van der Waals surface area contributed by atoms with Crippen LogP contribution < -0.4 is 0 Å². The number of fused-ring (bicyclic) bond motifs is 6. The number of hydrogen-bond donors (Lipinski definition) is 0. The Bertz CT molecular complexity index is 3130. The predicted octanol–water partition coefficient (Wildman–Crippen LogP) is 16.9. The highest BCUT2D eigenvalue weighted by Gasteiger charge is 2.26. The minimum absolute atomic E-state index is 0.0151. The van der Waals surface area contributed by atoms with Crippen molar-refractivity contribution in [3.05, 3.63) is 181 Å². The molecule has 66 heavy (non-hydrogen) atoms. The van der Waals surface area contributed by atoms with Gasteiger partial charge in [0.2, 0.25) is 0 Å². The van der Waals surface area contributed by atoms with Crippen LogP contribution in [0.25, 0.3) is 88.4 Å². The topological polar surface area (TPSA) is 35.6 Å². The van der Waals surface area contributed by atoms with Crippen LogP contribution in [0.1, 0.15) is 105 Å². The lowest BCUT2D eigenvalue weighted by atomic mass is 9.85. The van der Waals surface area contributed by atoms with Gasteiger partial charge in [-0.2, -0.15) is 0 Å². The van der Waals surface area contributed by atoms with Crippen molar-refractivity contribution in [1.29, 1.82) is 0 Å². The molecular formula is C62H62N4. The summed E-state index contributed by atoms with van der Waals surface area (Å²) >= 11 is 0. The van der Waals surface area contributed by atoms with Crippen molar-refractivity contribution >= 4 is 43.6 Å². The Labute approximate surface area is 391 Å². The quantitative estimate of drug-likeness (QED) is 0.173. The van der Waals surface area contributed by atoms with Gasteiger partial charge in [-0.3, -0.25) is 9.97 Å². The molecule has 0 N–H and O–H groups in total. The van der Waals surface area contributed by atoms with E-state index < -0.39 is 0 Å². The molecule has 10 rings (SSSR count). The van der Waals surface area contributed by atoms with Crippen molar-refractivity contribution in [2.75, 3.05) is 0 Å². The standard InChI is InChI=1S/C62H62N4/c1-59(2,3)39-21-25-55-47(33-39)48-34-40(60(4,5)6)22-26-56(48)65(55)53-19-15-13-17-45(53)43-29-31-63-37-51(43)52-38-64-32-30-44(52)46-18-14-16-20-54(46)66-57-27-23-41(61(7,8)9)35-49(57)50-36-42(62(10,11)12)24-28-58(50)66/h13-38H,1-12H3. The van der Waals surface area contributed by atoms with Crippen LogP contribution in [0.3, 0.4) is 0 Å². The fourth-order valence-corrected chi connectivity index (χ4v) is 9.91.